The highest BCUT2D eigenvalue weighted by Gasteiger charge is 2.62. The molecule has 2 aliphatic rings. The van der Waals surface area contributed by atoms with Crippen molar-refractivity contribution in [1.29, 1.82) is 0 Å². The van der Waals surface area contributed by atoms with Crippen LogP contribution in [0.5, 0.6) is 0 Å². The van der Waals surface area contributed by atoms with E-state index in [9.17, 15) is 14.4 Å². The fourth-order valence-electron chi connectivity index (χ4n) is 5.22. The van der Waals surface area contributed by atoms with Gasteiger partial charge in [-0.25, -0.2) is 4.79 Å². The number of nitrogens with zero attached hydrogens (tertiary/aromatic N) is 1. The van der Waals surface area contributed by atoms with Crippen molar-refractivity contribution in [2.75, 3.05) is 27.0 Å². The Hall–Kier alpha value is -3.09. The molecule has 7 heteroatoms. The molecule has 0 unspecified atom stereocenters. The van der Waals surface area contributed by atoms with Crippen LogP contribution in [0.25, 0.3) is 10.8 Å². The quantitative estimate of drug-likeness (QED) is 0.231. The minimum absolute atomic E-state index is 0.0268. The van der Waals surface area contributed by atoms with Crippen LogP contribution in [0.4, 0.5) is 4.79 Å². The minimum atomic E-state index is -0.419. The van der Waals surface area contributed by atoms with Gasteiger partial charge in [-0.2, -0.15) is 0 Å². The summed E-state index contributed by atoms with van der Waals surface area (Å²) in [7, 11) is 1.40. The Morgan fingerprint density at radius 3 is 2.31 bits per heavy atom. The summed E-state index contributed by atoms with van der Waals surface area (Å²) >= 11 is 0. The molecule has 1 aliphatic heterocycles. The van der Waals surface area contributed by atoms with Crippen molar-refractivity contribution in [3.63, 3.8) is 0 Å². The molecule has 0 aromatic heterocycles. The monoisotopic (exact) mass is 481 g/mol. The third-order valence-electron chi connectivity index (χ3n) is 7.37. The van der Waals surface area contributed by atoms with Gasteiger partial charge >= 0.3 is 18.0 Å². The molecule has 1 saturated carbocycles. The van der Waals surface area contributed by atoms with E-state index >= 15 is 0 Å². The molecule has 1 saturated heterocycles. The van der Waals surface area contributed by atoms with Gasteiger partial charge in [0.1, 0.15) is 0 Å². The van der Waals surface area contributed by atoms with Crippen LogP contribution in [0.1, 0.15) is 63.4 Å². The summed E-state index contributed by atoms with van der Waals surface area (Å²) in [5.74, 6) is -0.0564. The van der Waals surface area contributed by atoms with Crippen molar-refractivity contribution in [2.45, 2.75) is 63.2 Å². The van der Waals surface area contributed by atoms with Gasteiger partial charge in [-0.3, -0.25) is 9.59 Å². The number of hydrogen-bond acceptors (Lipinski definition) is 6. The molecular formula is C28H35NO6. The van der Waals surface area contributed by atoms with E-state index in [1.807, 2.05) is 12.1 Å². The van der Waals surface area contributed by atoms with Crippen LogP contribution in [0.2, 0.25) is 0 Å². The molecular weight excluding hydrogens is 446 g/mol. The van der Waals surface area contributed by atoms with Gasteiger partial charge in [-0.05, 0) is 41.5 Å². The molecule has 2 aromatic carbocycles. The van der Waals surface area contributed by atoms with Crippen molar-refractivity contribution in [3.05, 3.63) is 48.0 Å². The van der Waals surface area contributed by atoms with Gasteiger partial charge in [-0.1, -0.05) is 68.1 Å². The number of likely N-dealkylation sites (tertiary alicyclic amines) is 1. The Bertz CT molecular complexity index is 1050. The first-order chi connectivity index (χ1) is 17.0. The van der Waals surface area contributed by atoms with E-state index in [-0.39, 0.29) is 24.1 Å². The molecule has 4 rings (SSSR count). The molecule has 1 heterocycles. The Morgan fingerprint density at radius 1 is 0.886 bits per heavy atom. The number of ether oxygens (including phenoxy) is 3. The lowest BCUT2D eigenvalue weighted by atomic mass is 9.93. The average Bonchev–Trinajstić information content (AvgIpc) is 3.45. The summed E-state index contributed by atoms with van der Waals surface area (Å²) in [6, 6.07) is 14.9. The number of fused-ring (bicyclic) bond motifs is 2. The van der Waals surface area contributed by atoms with Crippen LogP contribution in [0, 0.1) is 5.92 Å². The van der Waals surface area contributed by atoms with Gasteiger partial charge in [0.15, 0.2) is 0 Å². The van der Waals surface area contributed by atoms with Crippen molar-refractivity contribution in [3.8, 4) is 0 Å². The van der Waals surface area contributed by atoms with Crippen molar-refractivity contribution >= 4 is 28.8 Å². The summed E-state index contributed by atoms with van der Waals surface area (Å²) in [6.07, 6.45) is 6.98. The number of benzene rings is 2. The fourth-order valence-corrected chi connectivity index (χ4v) is 5.22. The van der Waals surface area contributed by atoms with E-state index in [0.717, 1.165) is 44.9 Å². The van der Waals surface area contributed by atoms with Crippen molar-refractivity contribution in [1.82, 2.24) is 4.90 Å². The Labute approximate surface area is 206 Å². The Balaban J connectivity index is 1.09. The molecule has 188 valence electrons. The first-order valence-corrected chi connectivity index (χ1v) is 12.7. The van der Waals surface area contributed by atoms with Crippen LogP contribution in [-0.2, 0) is 29.2 Å². The molecule has 1 amide bonds. The predicted molar refractivity (Wildman–Crippen MR) is 132 cm³/mol. The maximum atomic E-state index is 12.5. The summed E-state index contributed by atoms with van der Waals surface area (Å²) in [5, 5.41) is 2.44. The predicted octanol–water partition coefficient (Wildman–Crippen LogP) is 5.34. The molecule has 2 fully saturated rings. The zero-order chi connectivity index (χ0) is 24.7. The van der Waals surface area contributed by atoms with E-state index < -0.39 is 6.09 Å². The van der Waals surface area contributed by atoms with Crippen LogP contribution in [-0.4, -0.2) is 49.9 Å². The Kier molecular flexibility index (Phi) is 8.26. The summed E-state index contributed by atoms with van der Waals surface area (Å²) in [4.78, 5) is 37.2. The lowest BCUT2D eigenvalue weighted by molar-refractivity contribution is -0.152. The number of hydrogen-bond donors (Lipinski definition) is 0. The maximum Gasteiger partial charge on any atom is 0.412 e. The summed E-state index contributed by atoms with van der Waals surface area (Å²) in [6.45, 7) is 0.983. The van der Waals surface area contributed by atoms with Crippen LogP contribution >= 0.6 is 0 Å². The van der Waals surface area contributed by atoms with Crippen LogP contribution in [0.15, 0.2) is 42.5 Å². The van der Waals surface area contributed by atoms with E-state index in [1.165, 1.54) is 23.4 Å². The van der Waals surface area contributed by atoms with E-state index in [0.29, 0.717) is 31.8 Å². The molecule has 7 nitrogen and oxygen atoms in total. The highest BCUT2D eigenvalue weighted by molar-refractivity contribution is 5.83. The second-order valence-corrected chi connectivity index (χ2v) is 9.74. The molecule has 0 N–H and O–H groups in total. The van der Waals surface area contributed by atoms with Crippen molar-refractivity contribution < 1.29 is 28.6 Å². The SMILES string of the molecule is COC(=O)CCCCCCCCC(=O)OCOC(=O)N1C[C@H]2C[C@@]2(c2ccc3ccccc3c2)C1. The molecule has 0 radical (unpaired) electrons. The number of amides is 1. The summed E-state index contributed by atoms with van der Waals surface area (Å²) in [5.41, 5.74) is 1.31. The summed E-state index contributed by atoms with van der Waals surface area (Å²) < 4.78 is 14.9. The Morgan fingerprint density at radius 2 is 1.57 bits per heavy atom. The molecule has 2 aromatic rings. The fraction of sp³-hybridized carbons (Fsp3) is 0.536. The van der Waals surface area contributed by atoms with Gasteiger partial charge in [0.25, 0.3) is 0 Å². The number of esters is 2. The van der Waals surface area contributed by atoms with Gasteiger partial charge in [-0.15, -0.1) is 0 Å². The average molecular weight is 482 g/mol. The van der Waals surface area contributed by atoms with E-state index in [4.69, 9.17) is 9.47 Å². The largest absolute Gasteiger partial charge is 0.469 e. The first kappa shape index (κ1) is 25.0. The van der Waals surface area contributed by atoms with E-state index in [2.05, 4.69) is 35.1 Å². The minimum Gasteiger partial charge on any atom is -0.469 e. The van der Waals surface area contributed by atoms with E-state index in [1.54, 1.807) is 4.90 Å². The lowest BCUT2D eigenvalue weighted by Crippen LogP contribution is -2.34. The third-order valence-corrected chi connectivity index (χ3v) is 7.37. The molecule has 0 spiro atoms. The normalized spacial score (nSPS) is 20.4. The maximum absolute atomic E-state index is 12.5. The zero-order valence-corrected chi connectivity index (χ0v) is 20.5. The van der Waals surface area contributed by atoms with Crippen LogP contribution in [0.3, 0.4) is 0 Å². The van der Waals surface area contributed by atoms with Gasteiger partial charge < -0.3 is 19.1 Å². The highest BCUT2D eigenvalue weighted by Crippen LogP contribution is 2.59. The highest BCUT2D eigenvalue weighted by atomic mass is 16.7. The first-order valence-electron chi connectivity index (χ1n) is 12.7. The second-order valence-electron chi connectivity index (χ2n) is 9.74. The van der Waals surface area contributed by atoms with Gasteiger partial charge in [0, 0.05) is 31.3 Å². The molecule has 0 bridgehead atoms. The van der Waals surface area contributed by atoms with Gasteiger partial charge in [0.05, 0.1) is 7.11 Å². The zero-order valence-electron chi connectivity index (χ0n) is 20.5. The number of rotatable bonds is 12. The number of unbranched alkanes of at least 4 members (excludes halogenated alkanes) is 5. The number of carbonyl (C=O) groups excluding carboxylic acids is 3. The molecule has 35 heavy (non-hydrogen) atoms. The number of piperidine rings is 1. The lowest BCUT2D eigenvalue weighted by Gasteiger charge is -2.21. The molecule has 2 atom stereocenters. The number of carbonyl (C=O) groups is 3. The smallest absolute Gasteiger partial charge is 0.412 e. The van der Waals surface area contributed by atoms with Crippen molar-refractivity contribution in [2.24, 2.45) is 5.92 Å². The van der Waals surface area contributed by atoms with Crippen LogP contribution < -0.4 is 0 Å². The molecule has 1 aliphatic carbocycles. The topological polar surface area (TPSA) is 82.1 Å². The second kappa shape index (κ2) is 11.6. The number of methoxy groups -OCH3 is 1. The van der Waals surface area contributed by atoms with Gasteiger partial charge in [0.2, 0.25) is 6.79 Å². The third kappa shape index (κ3) is 6.32. The standard InChI is InChI=1S/C28H35NO6/c1-33-25(30)12-6-4-2-3-5-7-13-26(31)34-20-35-27(32)29-18-24-17-28(24,19-29)23-15-14-21-10-8-9-11-22(21)16-23/h8-11,14-16,24H,2-7,12-13,17-20H2,1H3/t24-,28+/m1/s1.